The Morgan fingerprint density at radius 1 is 1.42 bits per heavy atom. The summed E-state index contributed by atoms with van der Waals surface area (Å²) in [5.41, 5.74) is 5.81. The molecule has 0 radical (unpaired) electrons. The van der Waals surface area contributed by atoms with Gasteiger partial charge in [0.1, 0.15) is 0 Å². The summed E-state index contributed by atoms with van der Waals surface area (Å²) in [5, 5.41) is 8.64. The highest BCUT2D eigenvalue weighted by atomic mass is 16.4. The lowest BCUT2D eigenvalue weighted by molar-refractivity contribution is -0.132. The van der Waals surface area contributed by atoms with Crippen LogP contribution in [0.5, 0.6) is 0 Å². The summed E-state index contributed by atoms with van der Waals surface area (Å²) in [7, 11) is 0. The third-order valence-corrected chi connectivity index (χ3v) is 1.77. The Bertz CT molecular complexity index is 164. The summed E-state index contributed by atoms with van der Waals surface area (Å²) >= 11 is 0. The number of rotatable bonds is 6. The van der Waals surface area contributed by atoms with Gasteiger partial charge >= 0.3 is 5.97 Å². The molecule has 0 fully saturated rings. The number of hydrogen-bond donors (Lipinski definition) is 2. The van der Waals surface area contributed by atoms with Crippen molar-refractivity contribution in [2.75, 3.05) is 6.54 Å². The predicted octanol–water partition coefficient (Wildman–Crippen LogP) is 1.54. The van der Waals surface area contributed by atoms with Gasteiger partial charge in [-0.3, -0.25) is 0 Å². The van der Waals surface area contributed by atoms with Crippen molar-refractivity contribution >= 4 is 5.97 Å². The minimum atomic E-state index is -0.801. The van der Waals surface area contributed by atoms with Crippen molar-refractivity contribution in [1.82, 2.24) is 0 Å². The van der Waals surface area contributed by atoms with Crippen molar-refractivity contribution in [2.24, 2.45) is 5.73 Å². The van der Waals surface area contributed by atoms with Crippen molar-refractivity contribution in [3.05, 3.63) is 11.6 Å². The third kappa shape index (κ3) is 4.91. The van der Waals surface area contributed by atoms with Gasteiger partial charge in [0.2, 0.25) is 0 Å². The van der Waals surface area contributed by atoms with Crippen LogP contribution in [0.3, 0.4) is 0 Å². The number of aliphatic carboxylic acids is 1. The molecule has 0 aromatic rings. The maximum absolute atomic E-state index is 10.5. The Morgan fingerprint density at radius 2 is 2.08 bits per heavy atom. The first-order valence-electron chi connectivity index (χ1n) is 4.31. The maximum atomic E-state index is 10.5. The van der Waals surface area contributed by atoms with Gasteiger partial charge in [0.05, 0.1) is 0 Å². The lowest BCUT2D eigenvalue weighted by Crippen LogP contribution is -2.01. The molecule has 0 saturated carbocycles. The van der Waals surface area contributed by atoms with Crippen molar-refractivity contribution < 1.29 is 9.90 Å². The van der Waals surface area contributed by atoms with E-state index in [9.17, 15) is 4.79 Å². The highest BCUT2D eigenvalue weighted by molar-refractivity contribution is 5.86. The standard InChI is InChI=1S/C9H17NO2/c1-2-8(9(11)12)6-4-3-5-7-10/h2H,3-7,10H2,1H3,(H,11,12)/b8-2+. The van der Waals surface area contributed by atoms with Gasteiger partial charge in [-0.1, -0.05) is 12.5 Å². The summed E-state index contributed by atoms with van der Waals surface area (Å²) in [6.07, 6.45) is 5.23. The minimum Gasteiger partial charge on any atom is -0.478 e. The molecule has 12 heavy (non-hydrogen) atoms. The summed E-state index contributed by atoms with van der Waals surface area (Å²) in [4.78, 5) is 10.5. The number of nitrogens with two attached hydrogens (primary N) is 1. The molecular weight excluding hydrogens is 154 g/mol. The Hall–Kier alpha value is -0.830. The van der Waals surface area contributed by atoms with Gasteiger partial charge in [0.25, 0.3) is 0 Å². The van der Waals surface area contributed by atoms with Gasteiger partial charge in [0, 0.05) is 5.57 Å². The number of hydrogen-bond acceptors (Lipinski definition) is 2. The first-order valence-corrected chi connectivity index (χ1v) is 4.31. The highest BCUT2D eigenvalue weighted by Gasteiger charge is 2.03. The van der Waals surface area contributed by atoms with E-state index in [1.54, 1.807) is 13.0 Å². The number of carbonyl (C=O) groups is 1. The molecule has 70 valence electrons. The summed E-state index contributed by atoms with van der Waals surface area (Å²) in [6, 6.07) is 0. The van der Waals surface area contributed by atoms with Crippen LogP contribution in [-0.2, 0) is 4.79 Å². The maximum Gasteiger partial charge on any atom is 0.331 e. The molecule has 0 amide bonds. The van der Waals surface area contributed by atoms with E-state index in [2.05, 4.69) is 0 Å². The van der Waals surface area contributed by atoms with Crippen molar-refractivity contribution in [1.29, 1.82) is 0 Å². The zero-order valence-electron chi connectivity index (χ0n) is 7.55. The molecule has 0 aliphatic carbocycles. The Labute approximate surface area is 73.3 Å². The van der Waals surface area contributed by atoms with E-state index in [4.69, 9.17) is 10.8 Å². The monoisotopic (exact) mass is 171 g/mol. The molecule has 0 unspecified atom stereocenters. The van der Waals surface area contributed by atoms with Crippen LogP contribution < -0.4 is 5.73 Å². The Kier molecular flexibility index (Phi) is 6.38. The molecule has 3 nitrogen and oxygen atoms in total. The molecule has 3 heteroatoms. The van der Waals surface area contributed by atoms with Crippen LogP contribution in [0.25, 0.3) is 0 Å². The van der Waals surface area contributed by atoms with Crippen LogP contribution in [0.2, 0.25) is 0 Å². The Balaban J connectivity index is 3.54. The normalized spacial score (nSPS) is 11.7. The summed E-state index contributed by atoms with van der Waals surface area (Å²) in [5.74, 6) is -0.801. The van der Waals surface area contributed by atoms with Crippen molar-refractivity contribution in [2.45, 2.75) is 32.6 Å². The molecule has 0 atom stereocenters. The molecule has 0 aromatic carbocycles. The molecule has 0 saturated heterocycles. The van der Waals surface area contributed by atoms with E-state index < -0.39 is 5.97 Å². The van der Waals surface area contributed by atoms with Crippen LogP contribution in [0.1, 0.15) is 32.6 Å². The molecule has 3 N–H and O–H groups in total. The molecule has 0 rings (SSSR count). The first kappa shape index (κ1) is 11.2. The lowest BCUT2D eigenvalue weighted by atomic mass is 10.1. The molecule has 0 aliphatic heterocycles. The van der Waals surface area contributed by atoms with Crippen molar-refractivity contribution in [3.8, 4) is 0 Å². The molecule has 0 heterocycles. The van der Waals surface area contributed by atoms with E-state index in [1.165, 1.54) is 0 Å². The lowest BCUT2D eigenvalue weighted by Gasteiger charge is -2.00. The van der Waals surface area contributed by atoms with Crippen LogP contribution in [0, 0.1) is 0 Å². The molecule has 0 spiro atoms. The van der Waals surface area contributed by atoms with E-state index >= 15 is 0 Å². The Morgan fingerprint density at radius 3 is 2.50 bits per heavy atom. The zero-order chi connectivity index (χ0) is 9.40. The van der Waals surface area contributed by atoms with Gasteiger partial charge < -0.3 is 10.8 Å². The van der Waals surface area contributed by atoms with E-state index in [1.807, 2.05) is 0 Å². The van der Waals surface area contributed by atoms with Gasteiger partial charge in [-0.25, -0.2) is 4.79 Å². The quantitative estimate of drug-likeness (QED) is 0.470. The molecule has 0 aliphatic rings. The molecular formula is C9H17NO2. The van der Waals surface area contributed by atoms with Gasteiger partial charge in [0.15, 0.2) is 0 Å². The topological polar surface area (TPSA) is 63.3 Å². The predicted molar refractivity (Wildman–Crippen MR) is 48.9 cm³/mol. The second kappa shape index (κ2) is 6.85. The van der Waals surface area contributed by atoms with Crippen LogP contribution in [0.15, 0.2) is 11.6 Å². The average Bonchev–Trinajstić information content (AvgIpc) is 2.04. The second-order valence-electron chi connectivity index (χ2n) is 2.72. The third-order valence-electron chi connectivity index (χ3n) is 1.77. The molecule has 0 aromatic heterocycles. The smallest absolute Gasteiger partial charge is 0.331 e. The van der Waals surface area contributed by atoms with E-state index in [0.717, 1.165) is 19.3 Å². The fourth-order valence-corrected chi connectivity index (χ4v) is 1.01. The number of allylic oxidation sites excluding steroid dienone is 1. The van der Waals surface area contributed by atoms with E-state index in [-0.39, 0.29) is 0 Å². The minimum absolute atomic E-state index is 0.507. The number of unbranched alkanes of at least 4 members (excludes halogenated alkanes) is 2. The largest absolute Gasteiger partial charge is 0.478 e. The van der Waals surface area contributed by atoms with Gasteiger partial charge in [-0.15, -0.1) is 0 Å². The number of carboxylic acid groups (broad SMARTS) is 1. The van der Waals surface area contributed by atoms with E-state index in [0.29, 0.717) is 18.5 Å². The summed E-state index contributed by atoms with van der Waals surface area (Å²) < 4.78 is 0. The van der Waals surface area contributed by atoms with Crippen LogP contribution in [-0.4, -0.2) is 17.6 Å². The van der Waals surface area contributed by atoms with Crippen LogP contribution in [0.4, 0.5) is 0 Å². The first-order chi connectivity index (χ1) is 5.72. The average molecular weight is 171 g/mol. The van der Waals surface area contributed by atoms with Gasteiger partial charge in [-0.2, -0.15) is 0 Å². The number of carboxylic acids is 1. The zero-order valence-corrected chi connectivity index (χ0v) is 7.55. The fourth-order valence-electron chi connectivity index (χ4n) is 1.01. The van der Waals surface area contributed by atoms with Gasteiger partial charge in [-0.05, 0) is 32.7 Å². The summed E-state index contributed by atoms with van der Waals surface area (Å²) in [6.45, 7) is 2.45. The fraction of sp³-hybridized carbons (Fsp3) is 0.667. The van der Waals surface area contributed by atoms with Crippen LogP contribution >= 0.6 is 0 Å². The SMILES string of the molecule is C/C=C(\CCCCCN)C(=O)O. The highest BCUT2D eigenvalue weighted by Crippen LogP contribution is 2.08. The van der Waals surface area contributed by atoms with Crippen molar-refractivity contribution in [3.63, 3.8) is 0 Å². The second-order valence-corrected chi connectivity index (χ2v) is 2.72. The molecule has 0 bridgehead atoms.